The van der Waals surface area contributed by atoms with Crippen LogP contribution in [0.1, 0.15) is 97.3 Å². The van der Waals surface area contributed by atoms with Gasteiger partial charge in [-0.1, -0.05) is 52.4 Å². The third-order valence-corrected chi connectivity index (χ3v) is 7.46. The summed E-state index contributed by atoms with van der Waals surface area (Å²) >= 11 is 0. The summed E-state index contributed by atoms with van der Waals surface area (Å²) in [6, 6.07) is 0. The largest absolute Gasteiger partial charge is 0.330 e. The molecule has 0 bridgehead atoms. The quantitative estimate of drug-likeness (QED) is 0.641. The molecule has 0 saturated heterocycles. The van der Waals surface area contributed by atoms with Gasteiger partial charge in [-0.05, 0) is 80.7 Å². The van der Waals surface area contributed by atoms with E-state index in [0.717, 1.165) is 24.9 Å². The van der Waals surface area contributed by atoms with Crippen molar-refractivity contribution in [3.05, 3.63) is 0 Å². The van der Waals surface area contributed by atoms with Gasteiger partial charge in [-0.25, -0.2) is 0 Å². The van der Waals surface area contributed by atoms with Gasteiger partial charge in [0.1, 0.15) is 0 Å². The van der Waals surface area contributed by atoms with Gasteiger partial charge in [-0.2, -0.15) is 0 Å². The standard InChI is InChI=1S/C21H42N2/c1-3-11-20(13-7-5-9-18(20)15-22)17-21(12-4-2)14-8-6-10-19(21)16-23/h18-19H,3-17,22-23H2,1-2H3. The Bertz CT molecular complexity index is 303. The van der Waals surface area contributed by atoms with Crippen LogP contribution in [0.25, 0.3) is 0 Å². The van der Waals surface area contributed by atoms with Gasteiger partial charge in [0.2, 0.25) is 0 Å². The van der Waals surface area contributed by atoms with Crippen LogP contribution >= 0.6 is 0 Å². The van der Waals surface area contributed by atoms with E-state index in [1.165, 1.54) is 83.5 Å². The fraction of sp³-hybridized carbons (Fsp3) is 1.00. The maximum atomic E-state index is 6.27. The van der Waals surface area contributed by atoms with Gasteiger partial charge in [0.25, 0.3) is 0 Å². The van der Waals surface area contributed by atoms with Gasteiger partial charge in [-0.3, -0.25) is 0 Å². The maximum absolute atomic E-state index is 6.27. The highest BCUT2D eigenvalue weighted by Crippen LogP contribution is 2.57. The Kier molecular flexibility index (Phi) is 7.41. The topological polar surface area (TPSA) is 52.0 Å². The first-order chi connectivity index (χ1) is 11.2. The van der Waals surface area contributed by atoms with Gasteiger partial charge < -0.3 is 11.5 Å². The van der Waals surface area contributed by atoms with E-state index < -0.39 is 0 Å². The lowest BCUT2D eigenvalue weighted by Crippen LogP contribution is -2.47. The molecule has 2 fully saturated rings. The summed E-state index contributed by atoms with van der Waals surface area (Å²) in [4.78, 5) is 0. The first-order valence-electron chi connectivity index (χ1n) is 10.6. The Balaban J connectivity index is 2.29. The monoisotopic (exact) mass is 322 g/mol. The van der Waals surface area contributed by atoms with E-state index in [4.69, 9.17) is 11.5 Å². The molecule has 0 aliphatic heterocycles. The molecule has 0 aromatic rings. The fourth-order valence-electron chi connectivity index (χ4n) is 6.49. The Labute approximate surface area is 145 Å². The molecule has 0 aromatic carbocycles. The molecular formula is C21H42N2. The second-order valence-electron chi connectivity index (χ2n) is 8.76. The second kappa shape index (κ2) is 8.85. The lowest BCUT2D eigenvalue weighted by atomic mass is 9.51. The molecule has 0 amide bonds. The molecule has 4 atom stereocenters. The molecule has 2 heteroatoms. The molecule has 2 aliphatic rings. The third-order valence-electron chi connectivity index (χ3n) is 7.46. The van der Waals surface area contributed by atoms with E-state index in [1.807, 2.05) is 0 Å². The van der Waals surface area contributed by atoms with Crippen LogP contribution in [-0.2, 0) is 0 Å². The summed E-state index contributed by atoms with van der Waals surface area (Å²) < 4.78 is 0. The Morgan fingerprint density at radius 3 is 1.52 bits per heavy atom. The molecule has 2 aliphatic carbocycles. The van der Waals surface area contributed by atoms with Crippen molar-refractivity contribution in [2.45, 2.75) is 97.3 Å². The van der Waals surface area contributed by atoms with Crippen molar-refractivity contribution in [2.75, 3.05) is 13.1 Å². The molecule has 0 spiro atoms. The van der Waals surface area contributed by atoms with Crippen LogP contribution < -0.4 is 11.5 Å². The van der Waals surface area contributed by atoms with Gasteiger partial charge in [0.05, 0.1) is 0 Å². The van der Waals surface area contributed by atoms with Crippen LogP contribution in [0.15, 0.2) is 0 Å². The molecule has 2 nitrogen and oxygen atoms in total. The molecule has 2 rings (SSSR count). The number of hydrogen-bond donors (Lipinski definition) is 2. The highest BCUT2D eigenvalue weighted by Gasteiger charge is 2.48. The first-order valence-corrected chi connectivity index (χ1v) is 10.6. The molecule has 0 aromatic heterocycles. The average molecular weight is 323 g/mol. The van der Waals surface area contributed by atoms with Gasteiger partial charge >= 0.3 is 0 Å². The first kappa shape index (κ1) is 19.2. The normalized spacial score (nSPS) is 38.6. The van der Waals surface area contributed by atoms with Crippen LogP contribution in [-0.4, -0.2) is 13.1 Å². The number of rotatable bonds is 8. The number of hydrogen-bond acceptors (Lipinski definition) is 2. The van der Waals surface area contributed by atoms with E-state index >= 15 is 0 Å². The Hall–Kier alpha value is -0.0800. The molecule has 2 saturated carbocycles. The predicted octanol–water partition coefficient (Wildman–Crippen LogP) is 5.25. The van der Waals surface area contributed by atoms with E-state index in [-0.39, 0.29) is 0 Å². The molecule has 4 N–H and O–H groups in total. The smallest absolute Gasteiger partial charge is 0.00436 e. The van der Waals surface area contributed by atoms with Crippen molar-refractivity contribution in [1.82, 2.24) is 0 Å². The van der Waals surface area contributed by atoms with E-state index in [0.29, 0.717) is 10.8 Å². The van der Waals surface area contributed by atoms with Gasteiger partial charge in [-0.15, -0.1) is 0 Å². The summed E-state index contributed by atoms with van der Waals surface area (Å²) in [6.45, 7) is 6.54. The van der Waals surface area contributed by atoms with E-state index in [1.54, 1.807) is 0 Å². The summed E-state index contributed by atoms with van der Waals surface area (Å²) in [5.41, 5.74) is 13.6. The van der Waals surface area contributed by atoms with Crippen molar-refractivity contribution < 1.29 is 0 Å². The van der Waals surface area contributed by atoms with Crippen LogP contribution in [0.2, 0.25) is 0 Å². The zero-order valence-electron chi connectivity index (χ0n) is 15.9. The summed E-state index contributed by atoms with van der Waals surface area (Å²) in [5, 5.41) is 0. The fourth-order valence-corrected chi connectivity index (χ4v) is 6.49. The average Bonchev–Trinajstić information content (AvgIpc) is 2.56. The minimum atomic E-state index is 0.516. The van der Waals surface area contributed by atoms with Gasteiger partial charge in [0.15, 0.2) is 0 Å². The zero-order chi connectivity index (χ0) is 16.8. The molecular weight excluding hydrogens is 280 g/mol. The van der Waals surface area contributed by atoms with E-state index in [9.17, 15) is 0 Å². The molecule has 4 unspecified atom stereocenters. The van der Waals surface area contributed by atoms with Crippen molar-refractivity contribution in [2.24, 2.45) is 34.1 Å². The minimum absolute atomic E-state index is 0.516. The molecule has 23 heavy (non-hydrogen) atoms. The minimum Gasteiger partial charge on any atom is -0.330 e. The molecule has 136 valence electrons. The Morgan fingerprint density at radius 1 is 0.739 bits per heavy atom. The van der Waals surface area contributed by atoms with Crippen molar-refractivity contribution >= 4 is 0 Å². The second-order valence-corrected chi connectivity index (χ2v) is 8.76. The summed E-state index contributed by atoms with van der Waals surface area (Å²) in [6.07, 6.45) is 18.0. The van der Waals surface area contributed by atoms with Crippen molar-refractivity contribution in [3.8, 4) is 0 Å². The maximum Gasteiger partial charge on any atom is -0.00436 e. The van der Waals surface area contributed by atoms with Crippen molar-refractivity contribution in [1.29, 1.82) is 0 Å². The van der Waals surface area contributed by atoms with Crippen LogP contribution in [0.3, 0.4) is 0 Å². The SMILES string of the molecule is CCCC1(CC2(CCC)CCCCC2CN)CCCCC1CN. The predicted molar refractivity (Wildman–Crippen MR) is 101 cm³/mol. The lowest BCUT2D eigenvalue weighted by molar-refractivity contribution is -0.0292. The zero-order valence-corrected chi connectivity index (χ0v) is 15.9. The van der Waals surface area contributed by atoms with Crippen molar-refractivity contribution in [3.63, 3.8) is 0 Å². The summed E-state index contributed by atoms with van der Waals surface area (Å²) in [5.74, 6) is 1.51. The van der Waals surface area contributed by atoms with Gasteiger partial charge in [0, 0.05) is 0 Å². The highest BCUT2D eigenvalue weighted by atomic mass is 14.6. The Morgan fingerprint density at radius 2 is 1.17 bits per heavy atom. The van der Waals surface area contributed by atoms with Crippen LogP contribution in [0.4, 0.5) is 0 Å². The summed E-state index contributed by atoms with van der Waals surface area (Å²) in [7, 11) is 0. The molecule has 0 radical (unpaired) electrons. The van der Waals surface area contributed by atoms with Crippen LogP contribution in [0.5, 0.6) is 0 Å². The van der Waals surface area contributed by atoms with E-state index in [2.05, 4.69) is 13.8 Å². The lowest BCUT2D eigenvalue weighted by Gasteiger charge is -2.54. The van der Waals surface area contributed by atoms with Crippen LogP contribution in [0, 0.1) is 22.7 Å². The molecule has 0 heterocycles. The third kappa shape index (κ3) is 4.12. The highest BCUT2D eigenvalue weighted by molar-refractivity contribution is 4.99. The number of nitrogens with two attached hydrogens (primary N) is 2.